The number of alkyl halides is 1. The van der Waals surface area contributed by atoms with Gasteiger partial charge in [0.15, 0.2) is 0 Å². The minimum Gasteiger partial charge on any atom is -0.244 e. The van der Waals surface area contributed by atoms with E-state index in [-0.39, 0.29) is 0 Å². The Kier molecular flexibility index (Phi) is 2.82. The van der Waals surface area contributed by atoms with Gasteiger partial charge in [-0.05, 0) is 19.2 Å². The van der Waals surface area contributed by atoms with Crippen molar-refractivity contribution in [2.24, 2.45) is 0 Å². The molecule has 1 rings (SSSR count). The van der Waals surface area contributed by atoms with Crippen LogP contribution in [0.4, 0.5) is 4.39 Å². The number of aromatic nitrogens is 2. The Morgan fingerprint density at radius 3 is 2.82 bits per heavy atom. The summed E-state index contributed by atoms with van der Waals surface area (Å²) in [4.78, 5) is 7.99. The molecule has 0 N–H and O–H groups in total. The molecule has 0 fully saturated rings. The van der Waals surface area contributed by atoms with Crippen LogP contribution in [-0.2, 0) is 6.67 Å². The van der Waals surface area contributed by atoms with E-state index in [1.807, 2.05) is 6.26 Å². The average Bonchev–Trinajstić information content (AvgIpc) is 2.03. The van der Waals surface area contributed by atoms with E-state index in [1.165, 1.54) is 11.8 Å². The number of rotatable bonds is 2. The molecule has 0 radical (unpaired) electrons. The Labute approximate surface area is 69.3 Å². The van der Waals surface area contributed by atoms with Crippen molar-refractivity contribution in [2.45, 2.75) is 18.6 Å². The molecule has 1 heterocycles. The van der Waals surface area contributed by atoms with Crippen LogP contribution in [0.2, 0.25) is 0 Å². The molecule has 0 saturated heterocycles. The lowest BCUT2D eigenvalue weighted by Crippen LogP contribution is -1.94. The van der Waals surface area contributed by atoms with E-state index >= 15 is 0 Å². The smallest absolute Gasteiger partial charge is 0.132 e. The van der Waals surface area contributed by atoms with Gasteiger partial charge in [-0.1, -0.05) is 0 Å². The van der Waals surface area contributed by atoms with Gasteiger partial charge < -0.3 is 0 Å². The zero-order valence-electron chi connectivity index (χ0n) is 6.47. The van der Waals surface area contributed by atoms with Gasteiger partial charge in [0.1, 0.15) is 12.5 Å². The molecule has 11 heavy (non-hydrogen) atoms. The van der Waals surface area contributed by atoms with E-state index in [2.05, 4.69) is 9.97 Å². The molecule has 0 spiro atoms. The van der Waals surface area contributed by atoms with E-state index in [1.54, 1.807) is 13.0 Å². The maximum atomic E-state index is 12.1. The van der Waals surface area contributed by atoms with Gasteiger partial charge in [-0.15, -0.1) is 11.8 Å². The van der Waals surface area contributed by atoms with Crippen molar-refractivity contribution in [1.82, 2.24) is 9.97 Å². The van der Waals surface area contributed by atoms with Crippen LogP contribution < -0.4 is 0 Å². The van der Waals surface area contributed by atoms with Crippen molar-refractivity contribution >= 4 is 11.8 Å². The lowest BCUT2D eigenvalue weighted by molar-refractivity contribution is 0.473. The molecule has 1 aromatic heterocycles. The fraction of sp³-hybridized carbons (Fsp3) is 0.429. The summed E-state index contributed by atoms with van der Waals surface area (Å²) in [5.74, 6) is 0.629. The highest BCUT2D eigenvalue weighted by Gasteiger charge is 1.99. The first-order chi connectivity index (χ1) is 5.26. The van der Waals surface area contributed by atoms with Crippen LogP contribution in [0.15, 0.2) is 11.1 Å². The van der Waals surface area contributed by atoms with Crippen LogP contribution in [0, 0.1) is 6.92 Å². The molecule has 0 amide bonds. The highest BCUT2D eigenvalue weighted by molar-refractivity contribution is 7.98. The van der Waals surface area contributed by atoms with E-state index in [0.29, 0.717) is 11.5 Å². The van der Waals surface area contributed by atoms with Crippen molar-refractivity contribution in [2.75, 3.05) is 6.26 Å². The van der Waals surface area contributed by atoms with Gasteiger partial charge in [0.2, 0.25) is 0 Å². The zero-order valence-corrected chi connectivity index (χ0v) is 7.28. The molecular weight excluding hydrogens is 163 g/mol. The molecule has 0 saturated carbocycles. The lowest BCUT2D eigenvalue weighted by atomic mass is 10.4. The molecule has 60 valence electrons. The van der Waals surface area contributed by atoms with Crippen molar-refractivity contribution in [3.63, 3.8) is 0 Å². The average molecular weight is 172 g/mol. The third kappa shape index (κ3) is 2.15. The van der Waals surface area contributed by atoms with Crippen LogP contribution >= 0.6 is 11.8 Å². The van der Waals surface area contributed by atoms with Crippen LogP contribution in [0.1, 0.15) is 11.5 Å². The number of hydrogen-bond acceptors (Lipinski definition) is 3. The summed E-state index contributed by atoms with van der Waals surface area (Å²) >= 11 is 1.49. The number of aryl methyl sites for hydroxylation is 1. The first-order valence-corrected chi connectivity index (χ1v) is 4.43. The quantitative estimate of drug-likeness (QED) is 0.504. The third-order valence-electron chi connectivity index (χ3n) is 1.21. The first kappa shape index (κ1) is 8.46. The summed E-state index contributed by atoms with van der Waals surface area (Å²) < 4.78 is 12.1. The number of hydrogen-bond donors (Lipinski definition) is 0. The predicted octanol–water partition coefficient (Wildman–Crippen LogP) is 1.98. The molecule has 0 aliphatic carbocycles. The van der Waals surface area contributed by atoms with E-state index in [9.17, 15) is 4.39 Å². The van der Waals surface area contributed by atoms with Crippen molar-refractivity contribution in [1.29, 1.82) is 0 Å². The molecule has 0 aliphatic heterocycles. The fourth-order valence-electron chi connectivity index (χ4n) is 0.772. The van der Waals surface area contributed by atoms with Gasteiger partial charge >= 0.3 is 0 Å². The minimum atomic E-state index is -0.517. The van der Waals surface area contributed by atoms with Gasteiger partial charge in [-0.2, -0.15) is 0 Å². The zero-order chi connectivity index (χ0) is 8.27. The fourth-order valence-corrected chi connectivity index (χ4v) is 1.25. The number of nitrogens with zero attached hydrogens (tertiary/aromatic N) is 2. The molecule has 0 aromatic carbocycles. The van der Waals surface area contributed by atoms with Gasteiger partial charge in [0, 0.05) is 0 Å². The molecular formula is C7H9FN2S. The molecule has 0 bridgehead atoms. The second-order valence-corrected chi connectivity index (χ2v) is 2.91. The summed E-state index contributed by atoms with van der Waals surface area (Å²) in [5.41, 5.74) is 0.460. The van der Waals surface area contributed by atoms with Crippen LogP contribution in [-0.4, -0.2) is 16.2 Å². The second-order valence-electron chi connectivity index (χ2n) is 2.08. The summed E-state index contributed by atoms with van der Waals surface area (Å²) in [5, 5.41) is 0.824. The topological polar surface area (TPSA) is 25.8 Å². The first-order valence-electron chi connectivity index (χ1n) is 3.20. The van der Waals surface area contributed by atoms with Crippen molar-refractivity contribution < 1.29 is 4.39 Å². The molecule has 2 nitrogen and oxygen atoms in total. The SMILES string of the molecule is CSc1cc(CF)nc(C)n1. The maximum absolute atomic E-state index is 12.1. The normalized spacial score (nSPS) is 10.1. The summed E-state index contributed by atoms with van der Waals surface area (Å²) in [7, 11) is 0. The Morgan fingerprint density at radius 2 is 2.27 bits per heavy atom. The highest BCUT2D eigenvalue weighted by atomic mass is 32.2. The molecule has 1 aromatic rings. The van der Waals surface area contributed by atoms with Crippen molar-refractivity contribution in [3.05, 3.63) is 17.6 Å². The molecule has 0 aliphatic rings. The number of halogens is 1. The molecule has 0 unspecified atom stereocenters. The molecule has 4 heteroatoms. The Balaban J connectivity index is 3.02. The van der Waals surface area contributed by atoms with E-state index in [4.69, 9.17) is 0 Å². The Hall–Kier alpha value is -0.640. The lowest BCUT2D eigenvalue weighted by Gasteiger charge is -1.99. The largest absolute Gasteiger partial charge is 0.244 e. The van der Waals surface area contributed by atoms with Gasteiger partial charge in [0.05, 0.1) is 10.7 Å². The van der Waals surface area contributed by atoms with Crippen LogP contribution in [0.5, 0.6) is 0 Å². The molecule has 0 atom stereocenters. The summed E-state index contributed by atoms with van der Waals surface area (Å²) in [6.07, 6.45) is 1.91. The van der Waals surface area contributed by atoms with Crippen LogP contribution in [0.3, 0.4) is 0 Å². The standard InChI is InChI=1S/C7H9FN2S/c1-5-9-6(4-8)3-7(10-5)11-2/h3H,4H2,1-2H3. The summed E-state index contributed by atoms with van der Waals surface area (Å²) in [6.45, 7) is 1.25. The van der Waals surface area contributed by atoms with Crippen LogP contribution in [0.25, 0.3) is 0 Å². The Morgan fingerprint density at radius 1 is 1.55 bits per heavy atom. The third-order valence-corrected chi connectivity index (χ3v) is 1.84. The maximum Gasteiger partial charge on any atom is 0.132 e. The highest BCUT2D eigenvalue weighted by Crippen LogP contribution is 2.12. The van der Waals surface area contributed by atoms with Gasteiger partial charge in [0.25, 0.3) is 0 Å². The monoisotopic (exact) mass is 172 g/mol. The second kappa shape index (κ2) is 3.67. The summed E-state index contributed by atoms with van der Waals surface area (Å²) in [6, 6.07) is 1.66. The Bertz CT molecular complexity index is 230. The van der Waals surface area contributed by atoms with E-state index < -0.39 is 6.67 Å². The van der Waals surface area contributed by atoms with E-state index in [0.717, 1.165) is 5.03 Å². The van der Waals surface area contributed by atoms with Gasteiger partial charge in [-0.25, -0.2) is 14.4 Å². The number of thioether (sulfide) groups is 1. The predicted molar refractivity (Wildman–Crippen MR) is 43.4 cm³/mol. The van der Waals surface area contributed by atoms with Gasteiger partial charge in [-0.3, -0.25) is 0 Å². The van der Waals surface area contributed by atoms with Crippen molar-refractivity contribution in [3.8, 4) is 0 Å². The minimum absolute atomic E-state index is 0.460.